The second-order valence-corrected chi connectivity index (χ2v) is 9.16. The molecule has 1 heterocycles. The van der Waals surface area contributed by atoms with Gasteiger partial charge in [-0.25, -0.2) is 9.78 Å². The van der Waals surface area contributed by atoms with Crippen molar-refractivity contribution in [1.82, 2.24) is 4.98 Å². The summed E-state index contributed by atoms with van der Waals surface area (Å²) in [4.78, 5) is 17.3. The number of fused-ring (bicyclic) bond motifs is 1. The SMILES string of the molecule is CC(C)(C)c1cc(C(C)(C)C)c2oc(=O)c(Cc3ccc(O)cc3)nc2c1. The Balaban J connectivity index is 2.20. The maximum absolute atomic E-state index is 12.6. The normalized spacial score (nSPS) is 12.5. The molecule has 0 aliphatic rings. The zero-order chi connectivity index (χ0) is 20.0. The van der Waals surface area contributed by atoms with Crippen molar-refractivity contribution in [2.75, 3.05) is 0 Å². The fourth-order valence-electron chi connectivity index (χ4n) is 3.06. The Kier molecular flexibility index (Phi) is 4.62. The molecular weight excluding hydrogens is 338 g/mol. The van der Waals surface area contributed by atoms with Gasteiger partial charge in [0, 0.05) is 12.0 Å². The third-order valence-corrected chi connectivity index (χ3v) is 4.74. The number of hydrogen-bond donors (Lipinski definition) is 1. The van der Waals surface area contributed by atoms with Gasteiger partial charge in [-0.2, -0.15) is 0 Å². The van der Waals surface area contributed by atoms with Gasteiger partial charge in [0.1, 0.15) is 17.0 Å². The standard InChI is InChI=1S/C23H27NO3/c1-22(2,3)15-12-17(23(4,5)6)20-18(13-15)24-19(21(26)27-20)11-14-7-9-16(25)10-8-14/h7-10,12-13,25H,11H2,1-6H3. The lowest BCUT2D eigenvalue weighted by Crippen LogP contribution is -2.19. The molecule has 0 unspecified atom stereocenters. The van der Waals surface area contributed by atoms with Crippen LogP contribution in [0.1, 0.15) is 63.9 Å². The van der Waals surface area contributed by atoms with Crippen LogP contribution in [0, 0.1) is 0 Å². The molecule has 0 saturated carbocycles. The molecule has 0 radical (unpaired) electrons. The van der Waals surface area contributed by atoms with Gasteiger partial charge in [-0.1, -0.05) is 59.7 Å². The Morgan fingerprint density at radius 3 is 2.15 bits per heavy atom. The summed E-state index contributed by atoms with van der Waals surface area (Å²) in [6, 6.07) is 10.9. The van der Waals surface area contributed by atoms with Gasteiger partial charge in [-0.15, -0.1) is 0 Å². The summed E-state index contributed by atoms with van der Waals surface area (Å²) >= 11 is 0. The average Bonchev–Trinajstić information content (AvgIpc) is 2.55. The summed E-state index contributed by atoms with van der Waals surface area (Å²) in [5, 5.41) is 9.44. The molecule has 1 aromatic heterocycles. The third kappa shape index (κ3) is 4.05. The Hall–Kier alpha value is -2.62. The molecule has 0 bridgehead atoms. The van der Waals surface area contributed by atoms with E-state index in [1.54, 1.807) is 24.3 Å². The van der Waals surface area contributed by atoms with E-state index in [4.69, 9.17) is 4.42 Å². The maximum atomic E-state index is 12.6. The Morgan fingerprint density at radius 2 is 1.59 bits per heavy atom. The Labute approximate surface area is 159 Å². The van der Waals surface area contributed by atoms with E-state index >= 15 is 0 Å². The highest BCUT2D eigenvalue weighted by atomic mass is 16.4. The van der Waals surface area contributed by atoms with Gasteiger partial charge in [-0.3, -0.25) is 0 Å². The summed E-state index contributed by atoms with van der Waals surface area (Å²) in [6.07, 6.45) is 0.364. The minimum atomic E-state index is -0.412. The van der Waals surface area contributed by atoms with Crippen LogP contribution < -0.4 is 5.63 Å². The van der Waals surface area contributed by atoms with Crippen molar-refractivity contribution in [2.45, 2.75) is 58.8 Å². The van der Waals surface area contributed by atoms with Crippen molar-refractivity contribution in [3.8, 4) is 5.75 Å². The number of benzene rings is 2. The zero-order valence-corrected chi connectivity index (χ0v) is 16.9. The van der Waals surface area contributed by atoms with Gasteiger partial charge in [-0.05, 0) is 40.2 Å². The highest BCUT2D eigenvalue weighted by Gasteiger charge is 2.25. The quantitative estimate of drug-likeness (QED) is 0.688. The van der Waals surface area contributed by atoms with Gasteiger partial charge in [0.25, 0.3) is 0 Å². The molecule has 3 rings (SSSR count). The molecule has 4 nitrogen and oxygen atoms in total. The summed E-state index contributed by atoms with van der Waals surface area (Å²) in [5.74, 6) is 0.196. The molecule has 0 aliphatic carbocycles. The molecule has 0 aliphatic heterocycles. The van der Waals surface area contributed by atoms with Crippen LogP contribution in [0.5, 0.6) is 5.75 Å². The molecule has 4 heteroatoms. The first-order chi connectivity index (χ1) is 12.4. The van der Waals surface area contributed by atoms with Crippen molar-refractivity contribution in [3.63, 3.8) is 0 Å². The second-order valence-electron chi connectivity index (χ2n) is 9.16. The molecular formula is C23H27NO3. The van der Waals surface area contributed by atoms with E-state index < -0.39 is 5.63 Å². The monoisotopic (exact) mass is 365 g/mol. The molecule has 27 heavy (non-hydrogen) atoms. The van der Waals surface area contributed by atoms with E-state index in [2.05, 4.69) is 52.6 Å². The molecule has 1 N–H and O–H groups in total. The maximum Gasteiger partial charge on any atom is 0.358 e. The van der Waals surface area contributed by atoms with E-state index in [0.29, 0.717) is 23.2 Å². The molecule has 2 aromatic carbocycles. The molecule has 142 valence electrons. The number of phenols is 1. The number of hydrogen-bond acceptors (Lipinski definition) is 4. The van der Waals surface area contributed by atoms with Crippen molar-refractivity contribution in [3.05, 3.63) is 69.2 Å². The first kappa shape index (κ1) is 19.2. The number of rotatable bonds is 2. The second kappa shape index (κ2) is 6.52. The van der Waals surface area contributed by atoms with Gasteiger partial charge in [0.05, 0.1) is 0 Å². The molecule has 0 fully saturated rings. The third-order valence-electron chi connectivity index (χ3n) is 4.74. The number of aromatic hydroxyl groups is 1. The van der Waals surface area contributed by atoms with Crippen LogP contribution in [0.3, 0.4) is 0 Å². The highest BCUT2D eigenvalue weighted by Crippen LogP contribution is 2.34. The predicted octanol–water partition coefficient (Wildman–Crippen LogP) is 5.08. The Morgan fingerprint density at radius 1 is 0.963 bits per heavy atom. The van der Waals surface area contributed by atoms with E-state index in [1.807, 2.05) is 6.07 Å². The molecule has 0 amide bonds. The molecule has 0 atom stereocenters. The average molecular weight is 365 g/mol. The van der Waals surface area contributed by atoms with Crippen molar-refractivity contribution in [2.24, 2.45) is 0 Å². The van der Waals surface area contributed by atoms with Crippen LogP contribution >= 0.6 is 0 Å². The first-order valence-corrected chi connectivity index (χ1v) is 9.22. The van der Waals surface area contributed by atoms with Crippen molar-refractivity contribution >= 4 is 11.1 Å². The van der Waals surface area contributed by atoms with E-state index in [0.717, 1.165) is 16.7 Å². The molecule has 3 aromatic rings. The largest absolute Gasteiger partial charge is 0.508 e. The van der Waals surface area contributed by atoms with Gasteiger partial charge in [0.2, 0.25) is 0 Å². The fourth-order valence-corrected chi connectivity index (χ4v) is 3.06. The predicted molar refractivity (Wildman–Crippen MR) is 109 cm³/mol. The van der Waals surface area contributed by atoms with Gasteiger partial charge >= 0.3 is 5.63 Å². The van der Waals surface area contributed by atoms with E-state index in [-0.39, 0.29) is 16.6 Å². The fraction of sp³-hybridized carbons (Fsp3) is 0.391. The Bertz CT molecular complexity index is 1030. The van der Waals surface area contributed by atoms with E-state index in [1.165, 1.54) is 0 Å². The minimum absolute atomic E-state index is 0.0386. The number of phenolic OH excluding ortho intramolecular Hbond substituents is 1. The summed E-state index contributed by atoms with van der Waals surface area (Å²) in [5.41, 5.74) is 4.08. The van der Waals surface area contributed by atoms with Crippen LogP contribution in [0.25, 0.3) is 11.1 Å². The lowest BCUT2D eigenvalue weighted by atomic mass is 9.80. The van der Waals surface area contributed by atoms with Crippen molar-refractivity contribution < 1.29 is 9.52 Å². The lowest BCUT2D eigenvalue weighted by Gasteiger charge is -2.25. The summed E-state index contributed by atoms with van der Waals surface area (Å²) in [7, 11) is 0. The minimum Gasteiger partial charge on any atom is -0.508 e. The number of aromatic nitrogens is 1. The van der Waals surface area contributed by atoms with Crippen LogP contribution in [-0.2, 0) is 17.3 Å². The van der Waals surface area contributed by atoms with Crippen LogP contribution in [0.2, 0.25) is 0 Å². The van der Waals surface area contributed by atoms with Gasteiger partial charge < -0.3 is 9.52 Å². The summed E-state index contributed by atoms with van der Waals surface area (Å²) < 4.78 is 5.75. The molecule has 0 spiro atoms. The van der Waals surface area contributed by atoms with Crippen LogP contribution in [-0.4, -0.2) is 10.1 Å². The smallest absolute Gasteiger partial charge is 0.358 e. The highest BCUT2D eigenvalue weighted by molar-refractivity contribution is 5.78. The zero-order valence-electron chi connectivity index (χ0n) is 16.9. The topological polar surface area (TPSA) is 63.3 Å². The van der Waals surface area contributed by atoms with E-state index in [9.17, 15) is 9.90 Å². The van der Waals surface area contributed by atoms with Crippen LogP contribution in [0.15, 0.2) is 45.6 Å². The lowest BCUT2D eigenvalue weighted by molar-refractivity contribution is 0.475. The number of nitrogens with zero attached hydrogens (tertiary/aromatic N) is 1. The summed E-state index contributed by atoms with van der Waals surface area (Å²) in [6.45, 7) is 12.8. The molecule has 0 saturated heterocycles. The van der Waals surface area contributed by atoms with Gasteiger partial charge in [0.15, 0.2) is 5.58 Å². The van der Waals surface area contributed by atoms with Crippen LogP contribution in [0.4, 0.5) is 0 Å². The first-order valence-electron chi connectivity index (χ1n) is 9.22. The van der Waals surface area contributed by atoms with Crippen molar-refractivity contribution in [1.29, 1.82) is 0 Å².